The molecule has 0 aromatic rings. The first kappa shape index (κ1) is 26.5. The van der Waals surface area contributed by atoms with E-state index in [2.05, 4.69) is 38.3 Å². The van der Waals surface area contributed by atoms with Gasteiger partial charge >= 0.3 is 0 Å². The van der Waals surface area contributed by atoms with E-state index in [0.717, 1.165) is 5.92 Å². The van der Waals surface area contributed by atoms with Crippen LogP contribution in [0.2, 0.25) is 0 Å². The van der Waals surface area contributed by atoms with Gasteiger partial charge in [-0.15, -0.1) is 13.2 Å². The van der Waals surface area contributed by atoms with Gasteiger partial charge in [0, 0.05) is 0 Å². The molecule has 0 aliphatic carbocycles. The number of hydrogen-bond donors (Lipinski definition) is 0. The van der Waals surface area contributed by atoms with Crippen LogP contribution in [0.15, 0.2) is 37.5 Å². The zero-order chi connectivity index (χ0) is 14.9. The molecule has 22 heavy (non-hydrogen) atoms. The maximum Gasteiger partial charge on any atom is -0.0351 e. The molecule has 0 aromatic heterocycles. The van der Waals surface area contributed by atoms with E-state index >= 15 is 0 Å². The van der Waals surface area contributed by atoms with Crippen molar-refractivity contribution in [2.75, 3.05) is 0 Å². The molecule has 0 saturated carbocycles. The molecule has 2 atom stereocenters. The Labute approximate surface area is 145 Å². The molecule has 0 aliphatic heterocycles. The minimum Gasteiger partial charge on any atom is -0.358 e. The largest absolute Gasteiger partial charge is 0.358 e. The third-order valence-electron chi connectivity index (χ3n) is 4.04. The van der Waals surface area contributed by atoms with Crippen molar-refractivity contribution in [1.29, 1.82) is 0 Å². The Balaban J connectivity index is -0.00000180. The Hall–Kier alpha value is -0.350. The molecule has 0 spiro atoms. The summed E-state index contributed by atoms with van der Waals surface area (Å²) in [6.45, 7) is 9.88. The highest BCUT2D eigenvalue weighted by Crippen LogP contribution is 2.18. The Kier molecular flexibility index (Phi) is 27.7. The fourth-order valence-electron chi connectivity index (χ4n) is 2.57. The molecule has 0 bridgehead atoms. The molecule has 2 unspecified atom stereocenters. The van der Waals surface area contributed by atoms with E-state index < -0.39 is 0 Å². The van der Waals surface area contributed by atoms with E-state index in [1.54, 1.807) is 0 Å². The minimum absolute atomic E-state index is 0. The fraction of sp³-hybridized carbons (Fsp3) is 0.667. The Morgan fingerprint density at radius 1 is 0.727 bits per heavy atom. The highest BCUT2D eigenvalue weighted by atomic mass is 31.0. The van der Waals surface area contributed by atoms with Crippen LogP contribution < -0.4 is 0 Å². The molecule has 0 saturated heterocycles. The van der Waals surface area contributed by atoms with Gasteiger partial charge in [-0.05, 0) is 57.3 Å². The molecular formula is C21H42P-. The second kappa shape index (κ2) is 22.9. The molecule has 0 heterocycles. The SMILES string of the molecule is C=CCCCCCC/C=C/CCCC(CC)CCC=C.P.[CH3-]. The van der Waals surface area contributed by atoms with E-state index in [-0.39, 0.29) is 17.3 Å². The average Bonchev–Trinajstić information content (AvgIpc) is 2.48. The zero-order valence-corrected chi connectivity index (χ0v) is 16.9. The maximum absolute atomic E-state index is 3.81. The van der Waals surface area contributed by atoms with Crippen molar-refractivity contribution in [3.8, 4) is 0 Å². The maximum atomic E-state index is 3.81. The summed E-state index contributed by atoms with van der Waals surface area (Å²) in [5.41, 5.74) is 0. The van der Waals surface area contributed by atoms with Crippen molar-refractivity contribution >= 4 is 9.90 Å². The van der Waals surface area contributed by atoms with E-state index in [9.17, 15) is 0 Å². The smallest absolute Gasteiger partial charge is 0.0351 e. The molecule has 0 aliphatic rings. The summed E-state index contributed by atoms with van der Waals surface area (Å²) >= 11 is 0. The highest BCUT2D eigenvalue weighted by Gasteiger charge is 2.03. The Morgan fingerprint density at radius 3 is 1.82 bits per heavy atom. The van der Waals surface area contributed by atoms with Crippen LogP contribution in [0, 0.1) is 13.3 Å². The fourth-order valence-corrected chi connectivity index (χ4v) is 2.57. The molecule has 0 radical (unpaired) electrons. The summed E-state index contributed by atoms with van der Waals surface area (Å²) in [5, 5.41) is 0. The van der Waals surface area contributed by atoms with Gasteiger partial charge in [-0.25, -0.2) is 0 Å². The highest BCUT2D eigenvalue weighted by molar-refractivity contribution is 6.92. The van der Waals surface area contributed by atoms with Crippen LogP contribution in [-0.4, -0.2) is 0 Å². The zero-order valence-electron chi connectivity index (χ0n) is 15.5. The molecule has 0 fully saturated rings. The third kappa shape index (κ3) is 19.7. The molecule has 0 aromatic carbocycles. The Morgan fingerprint density at radius 2 is 1.27 bits per heavy atom. The predicted octanol–water partition coefficient (Wildman–Crippen LogP) is 7.74. The first-order valence-corrected chi connectivity index (χ1v) is 8.71. The predicted molar refractivity (Wildman–Crippen MR) is 112 cm³/mol. The quantitative estimate of drug-likeness (QED) is 0.125. The number of rotatable bonds is 15. The van der Waals surface area contributed by atoms with E-state index in [1.165, 1.54) is 77.0 Å². The van der Waals surface area contributed by atoms with Gasteiger partial charge in [-0.3, -0.25) is 0 Å². The van der Waals surface area contributed by atoms with Gasteiger partial charge in [0.2, 0.25) is 0 Å². The monoisotopic (exact) mass is 325 g/mol. The van der Waals surface area contributed by atoms with Gasteiger partial charge in [-0.1, -0.05) is 56.9 Å². The van der Waals surface area contributed by atoms with Gasteiger partial charge in [0.15, 0.2) is 0 Å². The first-order valence-electron chi connectivity index (χ1n) is 8.71. The van der Waals surface area contributed by atoms with Gasteiger partial charge < -0.3 is 7.43 Å². The molecule has 1 heteroatoms. The van der Waals surface area contributed by atoms with Crippen molar-refractivity contribution in [3.05, 3.63) is 44.9 Å². The van der Waals surface area contributed by atoms with Crippen molar-refractivity contribution in [3.63, 3.8) is 0 Å². The molecule has 0 nitrogen and oxygen atoms in total. The number of unbranched alkanes of at least 4 members (excludes halogenated alkanes) is 6. The standard InChI is InChI=1S/C20H36.CH3.H3P/c1-4-7-9-10-11-12-13-14-15-16-17-19-20(6-3)18-8-5-2;;/h4-5,14-15,20H,1-2,6-13,16-19H2,3H3;2*1H3/q;-1;/b15-14+;;. The van der Waals surface area contributed by atoms with Crippen LogP contribution in [0.5, 0.6) is 0 Å². The van der Waals surface area contributed by atoms with Crippen LogP contribution in [-0.2, 0) is 0 Å². The van der Waals surface area contributed by atoms with Crippen molar-refractivity contribution in [1.82, 2.24) is 0 Å². The van der Waals surface area contributed by atoms with Gasteiger partial charge in [-0.2, -0.15) is 9.90 Å². The Bertz CT molecular complexity index is 242. The lowest BCUT2D eigenvalue weighted by Crippen LogP contribution is -1.97. The second-order valence-corrected chi connectivity index (χ2v) is 5.82. The van der Waals surface area contributed by atoms with Crippen molar-refractivity contribution in [2.45, 2.75) is 84.0 Å². The summed E-state index contributed by atoms with van der Waals surface area (Å²) in [7, 11) is 0. The molecule has 0 rings (SSSR count). The van der Waals surface area contributed by atoms with Gasteiger partial charge in [0.25, 0.3) is 0 Å². The minimum atomic E-state index is 0. The third-order valence-corrected chi connectivity index (χ3v) is 4.04. The van der Waals surface area contributed by atoms with Crippen LogP contribution in [0.1, 0.15) is 84.0 Å². The topological polar surface area (TPSA) is 0 Å². The number of allylic oxidation sites excluding steroid dienone is 4. The summed E-state index contributed by atoms with van der Waals surface area (Å²) in [5.74, 6) is 0.909. The van der Waals surface area contributed by atoms with E-state index in [0.29, 0.717) is 0 Å². The second-order valence-electron chi connectivity index (χ2n) is 5.82. The van der Waals surface area contributed by atoms with Gasteiger partial charge in [0.1, 0.15) is 0 Å². The lowest BCUT2D eigenvalue weighted by Gasteiger charge is -2.12. The van der Waals surface area contributed by atoms with Crippen LogP contribution in [0.3, 0.4) is 0 Å². The van der Waals surface area contributed by atoms with E-state index in [4.69, 9.17) is 0 Å². The van der Waals surface area contributed by atoms with Crippen molar-refractivity contribution < 1.29 is 0 Å². The average molecular weight is 326 g/mol. The summed E-state index contributed by atoms with van der Waals surface area (Å²) in [6, 6.07) is 0. The molecule has 0 amide bonds. The van der Waals surface area contributed by atoms with Crippen molar-refractivity contribution in [2.24, 2.45) is 5.92 Å². The lowest BCUT2D eigenvalue weighted by atomic mass is 9.94. The van der Waals surface area contributed by atoms with Crippen LogP contribution in [0.4, 0.5) is 0 Å². The summed E-state index contributed by atoms with van der Waals surface area (Å²) in [6.07, 6.45) is 24.5. The normalized spacial score (nSPS) is 11.5. The van der Waals surface area contributed by atoms with Crippen LogP contribution >= 0.6 is 9.90 Å². The van der Waals surface area contributed by atoms with Crippen LogP contribution in [0.25, 0.3) is 0 Å². The lowest BCUT2D eigenvalue weighted by molar-refractivity contribution is 0.429. The first-order chi connectivity index (χ1) is 9.85. The number of hydrogen-bond acceptors (Lipinski definition) is 0. The molecule has 132 valence electrons. The molecular weight excluding hydrogens is 283 g/mol. The van der Waals surface area contributed by atoms with Gasteiger partial charge in [0.05, 0.1) is 0 Å². The summed E-state index contributed by atoms with van der Waals surface area (Å²) in [4.78, 5) is 0. The van der Waals surface area contributed by atoms with E-state index in [1.807, 2.05) is 6.08 Å². The molecule has 0 N–H and O–H groups in total. The summed E-state index contributed by atoms with van der Waals surface area (Å²) < 4.78 is 0.